The van der Waals surface area contributed by atoms with Crippen LogP contribution in [0.2, 0.25) is 0 Å². The van der Waals surface area contributed by atoms with Gasteiger partial charge < -0.3 is 21.1 Å². The van der Waals surface area contributed by atoms with Crippen LogP contribution in [0.3, 0.4) is 0 Å². The highest BCUT2D eigenvalue weighted by Gasteiger charge is 2.07. The average molecular weight is 331 g/mol. The minimum atomic E-state index is -0.0135. The molecule has 4 N–H and O–H groups in total. The van der Waals surface area contributed by atoms with E-state index in [9.17, 15) is 4.79 Å². The van der Waals surface area contributed by atoms with Crippen LogP contribution >= 0.6 is 0 Å². The smallest absolute Gasteiger partial charge is 0.233 e. The van der Waals surface area contributed by atoms with E-state index < -0.39 is 0 Å². The number of rotatable bonds is 10. The number of carbonyl (C=O) groups excluding carboxylic acids is 1. The van der Waals surface area contributed by atoms with E-state index in [1.807, 2.05) is 36.4 Å². The molecule has 0 aliphatic carbocycles. The molecular weight excluding hydrogens is 306 g/mol. The van der Waals surface area contributed by atoms with Crippen molar-refractivity contribution in [1.82, 2.24) is 20.4 Å². The largest absolute Gasteiger partial charge is 0.384 e. The first-order chi connectivity index (χ1) is 11.7. The second-order valence-electron chi connectivity index (χ2n) is 5.43. The molecule has 7 nitrogen and oxygen atoms in total. The van der Waals surface area contributed by atoms with Crippen molar-refractivity contribution in [3.63, 3.8) is 0 Å². The number of nitrogens with two attached hydrogens (primary N) is 1. The predicted octanol–water partition coefficient (Wildman–Crippen LogP) is 0.739. The molecule has 0 saturated heterocycles. The zero-order chi connectivity index (χ0) is 17.2. The predicted molar refractivity (Wildman–Crippen MR) is 94.1 cm³/mol. The quantitative estimate of drug-likeness (QED) is 0.558. The lowest BCUT2D eigenvalue weighted by Gasteiger charge is -2.06. The Balaban J connectivity index is 1.71. The van der Waals surface area contributed by atoms with Crippen LogP contribution in [0.15, 0.2) is 36.4 Å². The molecule has 2 rings (SSSR count). The number of ether oxygens (including phenoxy) is 1. The molecule has 0 saturated carbocycles. The maximum atomic E-state index is 11.6. The number of carbonyl (C=O) groups is 1. The second-order valence-corrected chi connectivity index (χ2v) is 5.43. The number of nitrogen functional groups attached to an aromatic ring is 1. The normalized spacial score (nSPS) is 10.7. The van der Waals surface area contributed by atoms with Crippen LogP contribution in [0.5, 0.6) is 0 Å². The van der Waals surface area contributed by atoms with E-state index in [0.717, 1.165) is 24.2 Å². The summed E-state index contributed by atoms with van der Waals surface area (Å²) in [4.78, 5) is 11.6. The topological polar surface area (TPSA) is 94.2 Å². The zero-order valence-corrected chi connectivity index (χ0v) is 14.0. The lowest BCUT2D eigenvalue weighted by Crippen LogP contribution is -2.35. The summed E-state index contributed by atoms with van der Waals surface area (Å²) in [5.41, 5.74) is 7.88. The van der Waals surface area contributed by atoms with Gasteiger partial charge in [0.05, 0.1) is 24.5 Å². The molecule has 1 amide bonds. The van der Waals surface area contributed by atoms with Gasteiger partial charge in [0.2, 0.25) is 5.91 Å². The molecule has 2 aromatic rings. The lowest BCUT2D eigenvalue weighted by molar-refractivity contribution is -0.120. The summed E-state index contributed by atoms with van der Waals surface area (Å²) >= 11 is 0. The molecule has 130 valence electrons. The van der Waals surface area contributed by atoms with Gasteiger partial charge in [-0.25, -0.2) is 4.68 Å². The van der Waals surface area contributed by atoms with Gasteiger partial charge in [-0.1, -0.05) is 18.2 Å². The van der Waals surface area contributed by atoms with Crippen molar-refractivity contribution in [1.29, 1.82) is 0 Å². The molecule has 0 radical (unpaired) electrons. The van der Waals surface area contributed by atoms with Crippen LogP contribution in [-0.2, 0) is 16.0 Å². The number of anilines is 1. The Morgan fingerprint density at radius 3 is 2.83 bits per heavy atom. The fourth-order valence-corrected chi connectivity index (χ4v) is 2.28. The third-order valence-corrected chi connectivity index (χ3v) is 3.49. The summed E-state index contributed by atoms with van der Waals surface area (Å²) in [6, 6.07) is 11.7. The molecule has 1 aromatic carbocycles. The van der Waals surface area contributed by atoms with Crippen molar-refractivity contribution < 1.29 is 9.53 Å². The van der Waals surface area contributed by atoms with Gasteiger partial charge in [0, 0.05) is 26.3 Å². The highest BCUT2D eigenvalue weighted by atomic mass is 16.5. The van der Waals surface area contributed by atoms with Crippen molar-refractivity contribution in [3.8, 4) is 5.69 Å². The van der Waals surface area contributed by atoms with Crippen LogP contribution in [-0.4, -0.2) is 49.0 Å². The van der Waals surface area contributed by atoms with Crippen LogP contribution in [0.25, 0.3) is 5.69 Å². The SMILES string of the molecule is COCCNCC(=O)NCCCc1cc(N)n(-c2ccccc2)n1. The van der Waals surface area contributed by atoms with E-state index in [0.29, 0.717) is 32.1 Å². The summed E-state index contributed by atoms with van der Waals surface area (Å²) in [5.74, 6) is 0.600. The molecule has 1 aromatic heterocycles. The van der Waals surface area contributed by atoms with Gasteiger partial charge in [-0.3, -0.25) is 4.79 Å². The zero-order valence-electron chi connectivity index (χ0n) is 14.0. The minimum Gasteiger partial charge on any atom is -0.384 e. The molecule has 0 bridgehead atoms. The van der Waals surface area contributed by atoms with Crippen LogP contribution in [0.1, 0.15) is 12.1 Å². The Labute approximate surface area is 142 Å². The lowest BCUT2D eigenvalue weighted by atomic mass is 10.2. The molecular formula is C17H25N5O2. The number of hydrogen-bond acceptors (Lipinski definition) is 5. The number of aryl methyl sites for hydroxylation is 1. The molecule has 7 heteroatoms. The third-order valence-electron chi connectivity index (χ3n) is 3.49. The van der Waals surface area contributed by atoms with Crippen LogP contribution in [0.4, 0.5) is 5.82 Å². The first-order valence-electron chi connectivity index (χ1n) is 8.07. The van der Waals surface area contributed by atoms with Crippen molar-refractivity contribution in [2.75, 3.05) is 39.1 Å². The van der Waals surface area contributed by atoms with Crippen molar-refractivity contribution >= 4 is 11.7 Å². The molecule has 24 heavy (non-hydrogen) atoms. The molecule has 0 spiro atoms. The highest BCUT2D eigenvalue weighted by molar-refractivity contribution is 5.77. The Kier molecular flexibility index (Phi) is 7.25. The number of hydrogen-bond donors (Lipinski definition) is 3. The Hall–Kier alpha value is -2.38. The van der Waals surface area contributed by atoms with Crippen LogP contribution < -0.4 is 16.4 Å². The fourth-order valence-electron chi connectivity index (χ4n) is 2.28. The maximum absolute atomic E-state index is 11.6. The Bertz CT molecular complexity index is 627. The van der Waals surface area contributed by atoms with Gasteiger partial charge in [-0.2, -0.15) is 5.10 Å². The number of amides is 1. The van der Waals surface area contributed by atoms with Crippen LogP contribution in [0, 0.1) is 0 Å². The van der Waals surface area contributed by atoms with E-state index in [2.05, 4.69) is 15.7 Å². The third kappa shape index (κ3) is 5.68. The van der Waals surface area contributed by atoms with Crippen molar-refractivity contribution in [2.24, 2.45) is 0 Å². The average Bonchev–Trinajstić information content (AvgIpc) is 2.97. The van der Waals surface area contributed by atoms with Gasteiger partial charge in [-0.15, -0.1) is 0 Å². The number of nitrogens with one attached hydrogen (secondary N) is 2. The number of nitrogens with zero attached hydrogens (tertiary/aromatic N) is 2. The summed E-state index contributed by atoms with van der Waals surface area (Å²) in [6.07, 6.45) is 1.58. The van der Waals surface area contributed by atoms with E-state index in [-0.39, 0.29) is 5.91 Å². The first-order valence-corrected chi connectivity index (χ1v) is 8.07. The highest BCUT2D eigenvalue weighted by Crippen LogP contribution is 2.14. The summed E-state index contributed by atoms with van der Waals surface area (Å²) < 4.78 is 6.63. The molecule has 0 fully saturated rings. The van der Waals surface area contributed by atoms with Gasteiger partial charge in [-0.05, 0) is 25.0 Å². The summed E-state index contributed by atoms with van der Waals surface area (Å²) in [7, 11) is 1.63. The van der Waals surface area contributed by atoms with Crippen molar-refractivity contribution in [3.05, 3.63) is 42.1 Å². The number of aromatic nitrogens is 2. The van der Waals surface area contributed by atoms with Gasteiger partial charge in [0.15, 0.2) is 0 Å². The maximum Gasteiger partial charge on any atom is 0.233 e. The fraction of sp³-hybridized carbons (Fsp3) is 0.412. The molecule has 0 unspecified atom stereocenters. The molecule has 0 aliphatic rings. The van der Waals surface area contributed by atoms with E-state index in [1.54, 1.807) is 11.8 Å². The Morgan fingerprint density at radius 1 is 1.29 bits per heavy atom. The van der Waals surface area contributed by atoms with Gasteiger partial charge in [0.1, 0.15) is 5.82 Å². The standard InChI is InChI=1S/C17H25N5O2/c1-24-11-10-19-13-17(23)20-9-5-6-14-12-16(18)22(21-14)15-7-3-2-4-8-15/h2-4,7-8,12,19H,5-6,9-11,13,18H2,1H3,(H,20,23). The van der Waals surface area contributed by atoms with Gasteiger partial charge >= 0.3 is 0 Å². The van der Waals surface area contributed by atoms with E-state index in [1.165, 1.54) is 0 Å². The van der Waals surface area contributed by atoms with Gasteiger partial charge in [0.25, 0.3) is 0 Å². The van der Waals surface area contributed by atoms with E-state index in [4.69, 9.17) is 10.5 Å². The minimum absolute atomic E-state index is 0.0135. The summed E-state index contributed by atoms with van der Waals surface area (Å²) in [5, 5.41) is 10.4. The number of methoxy groups -OCH3 is 1. The molecule has 0 atom stereocenters. The monoisotopic (exact) mass is 331 g/mol. The molecule has 0 aliphatic heterocycles. The van der Waals surface area contributed by atoms with E-state index >= 15 is 0 Å². The second kappa shape index (κ2) is 9.69. The Morgan fingerprint density at radius 2 is 2.08 bits per heavy atom. The molecule has 1 heterocycles. The van der Waals surface area contributed by atoms with Crippen molar-refractivity contribution in [2.45, 2.75) is 12.8 Å². The first kappa shape index (κ1) is 18.0. The number of benzene rings is 1. The summed E-state index contributed by atoms with van der Waals surface area (Å²) in [6.45, 7) is 2.18. The number of para-hydroxylation sites is 1.